The zero-order valence-corrected chi connectivity index (χ0v) is 8.51. The average Bonchev–Trinajstić information content (AvgIpc) is 2.40. The molecule has 2 saturated heterocycles. The van der Waals surface area contributed by atoms with Gasteiger partial charge in [0.15, 0.2) is 5.60 Å². The van der Waals surface area contributed by atoms with Gasteiger partial charge in [-0.1, -0.05) is 6.58 Å². The second-order valence-electron chi connectivity index (χ2n) is 3.80. The molecule has 0 aromatic heterocycles. The number of piperidine rings is 1. The Kier molecular flexibility index (Phi) is 2.23. The number of amides is 1. The smallest absolute Gasteiger partial charge is 0.415 e. The van der Waals surface area contributed by atoms with E-state index in [0.717, 1.165) is 31.6 Å². The monoisotopic (exact) mass is 196 g/mol. The Bertz CT molecular complexity index is 269. The van der Waals surface area contributed by atoms with E-state index in [4.69, 9.17) is 4.74 Å². The number of carbonyl (C=O) groups is 1. The molecule has 0 aliphatic carbocycles. The number of carbonyl (C=O) groups excluding carboxylic acids is 1. The van der Waals surface area contributed by atoms with Crippen molar-refractivity contribution in [1.82, 2.24) is 10.2 Å². The molecule has 1 spiro atoms. The summed E-state index contributed by atoms with van der Waals surface area (Å²) in [5.41, 5.74) is 0.435. The van der Waals surface area contributed by atoms with Gasteiger partial charge in [-0.25, -0.2) is 4.79 Å². The van der Waals surface area contributed by atoms with Crippen LogP contribution in [0.4, 0.5) is 4.79 Å². The van der Waals surface area contributed by atoms with Crippen molar-refractivity contribution in [1.29, 1.82) is 0 Å². The summed E-state index contributed by atoms with van der Waals surface area (Å²) in [6.45, 7) is 8.35. The van der Waals surface area contributed by atoms with Gasteiger partial charge in [-0.05, 0) is 20.0 Å². The summed E-state index contributed by atoms with van der Waals surface area (Å²) in [6, 6.07) is 0. The van der Waals surface area contributed by atoms with Crippen molar-refractivity contribution in [2.45, 2.75) is 25.4 Å². The maximum atomic E-state index is 11.5. The van der Waals surface area contributed by atoms with Crippen molar-refractivity contribution in [2.24, 2.45) is 0 Å². The minimum absolute atomic E-state index is 0.237. The Morgan fingerprint density at radius 3 is 2.71 bits per heavy atom. The van der Waals surface area contributed by atoms with E-state index in [1.165, 1.54) is 0 Å². The van der Waals surface area contributed by atoms with Crippen LogP contribution in [0.3, 0.4) is 0 Å². The lowest BCUT2D eigenvalue weighted by atomic mass is 9.89. The van der Waals surface area contributed by atoms with Crippen LogP contribution in [-0.2, 0) is 4.74 Å². The van der Waals surface area contributed by atoms with Crippen molar-refractivity contribution in [3.8, 4) is 0 Å². The molecule has 1 N–H and O–H groups in total. The van der Waals surface area contributed by atoms with E-state index in [1.807, 2.05) is 6.92 Å². The molecule has 0 bridgehead atoms. The SMILES string of the molecule is C=C1N(CC)C(=O)OC12CCNCC2. The molecular weight excluding hydrogens is 180 g/mol. The fourth-order valence-electron chi connectivity index (χ4n) is 2.18. The van der Waals surface area contributed by atoms with Crippen LogP contribution in [0.1, 0.15) is 19.8 Å². The highest BCUT2D eigenvalue weighted by Crippen LogP contribution is 2.38. The molecule has 2 aliphatic rings. The standard InChI is InChI=1S/C10H16N2O2/c1-3-12-8(2)10(14-9(12)13)4-6-11-7-5-10/h11H,2-7H2,1H3. The van der Waals surface area contributed by atoms with E-state index < -0.39 is 5.60 Å². The van der Waals surface area contributed by atoms with E-state index >= 15 is 0 Å². The normalized spacial score (nSPS) is 25.6. The molecule has 1 amide bonds. The summed E-state index contributed by atoms with van der Waals surface area (Å²) in [4.78, 5) is 13.1. The van der Waals surface area contributed by atoms with E-state index in [2.05, 4.69) is 11.9 Å². The highest BCUT2D eigenvalue weighted by molar-refractivity contribution is 5.74. The third-order valence-electron chi connectivity index (χ3n) is 3.08. The highest BCUT2D eigenvalue weighted by Gasteiger charge is 2.48. The minimum atomic E-state index is -0.404. The van der Waals surface area contributed by atoms with Crippen LogP contribution >= 0.6 is 0 Å². The van der Waals surface area contributed by atoms with Gasteiger partial charge in [0.25, 0.3) is 0 Å². The highest BCUT2D eigenvalue weighted by atomic mass is 16.6. The van der Waals surface area contributed by atoms with E-state index in [9.17, 15) is 4.79 Å². The van der Waals surface area contributed by atoms with Gasteiger partial charge in [0.2, 0.25) is 0 Å². The fraction of sp³-hybridized carbons (Fsp3) is 0.700. The molecular formula is C10H16N2O2. The molecule has 4 nitrogen and oxygen atoms in total. The molecule has 0 aromatic carbocycles. The molecule has 0 aromatic rings. The van der Waals surface area contributed by atoms with Crippen molar-refractivity contribution >= 4 is 6.09 Å². The molecule has 2 rings (SSSR count). The molecule has 14 heavy (non-hydrogen) atoms. The quantitative estimate of drug-likeness (QED) is 0.682. The van der Waals surface area contributed by atoms with Crippen molar-refractivity contribution in [3.05, 3.63) is 12.3 Å². The van der Waals surface area contributed by atoms with Gasteiger partial charge in [-0.3, -0.25) is 4.90 Å². The Morgan fingerprint density at radius 1 is 1.57 bits per heavy atom. The van der Waals surface area contributed by atoms with Crippen LogP contribution in [0.2, 0.25) is 0 Å². The molecule has 2 aliphatic heterocycles. The molecule has 0 saturated carbocycles. The summed E-state index contributed by atoms with van der Waals surface area (Å²) < 4.78 is 5.45. The maximum absolute atomic E-state index is 11.5. The number of hydrogen-bond donors (Lipinski definition) is 1. The van der Waals surface area contributed by atoms with Crippen LogP contribution in [0.25, 0.3) is 0 Å². The molecule has 78 valence electrons. The molecule has 4 heteroatoms. The number of likely N-dealkylation sites (N-methyl/N-ethyl adjacent to an activating group) is 1. The third-order valence-corrected chi connectivity index (χ3v) is 3.08. The number of ether oxygens (including phenoxy) is 1. The summed E-state index contributed by atoms with van der Waals surface area (Å²) in [7, 11) is 0. The molecule has 2 heterocycles. The van der Waals surface area contributed by atoms with Crippen LogP contribution in [0.15, 0.2) is 12.3 Å². The average molecular weight is 196 g/mol. The predicted molar refractivity (Wildman–Crippen MR) is 52.8 cm³/mol. The van der Waals surface area contributed by atoms with E-state index in [1.54, 1.807) is 4.90 Å². The van der Waals surface area contributed by atoms with Crippen LogP contribution in [-0.4, -0.2) is 36.2 Å². The fourth-order valence-corrected chi connectivity index (χ4v) is 2.18. The van der Waals surface area contributed by atoms with Crippen LogP contribution < -0.4 is 5.32 Å². The Labute approximate surface area is 83.9 Å². The van der Waals surface area contributed by atoms with Gasteiger partial charge in [-0.15, -0.1) is 0 Å². The van der Waals surface area contributed by atoms with Gasteiger partial charge >= 0.3 is 6.09 Å². The molecule has 2 fully saturated rings. The lowest BCUT2D eigenvalue weighted by Gasteiger charge is -2.32. The number of rotatable bonds is 1. The Balaban J connectivity index is 2.21. The van der Waals surface area contributed by atoms with Crippen molar-refractivity contribution < 1.29 is 9.53 Å². The van der Waals surface area contributed by atoms with Gasteiger partial charge in [0.1, 0.15) is 0 Å². The van der Waals surface area contributed by atoms with Gasteiger partial charge < -0.3 is 10.1 Å². The summed E-state index contributed by atoms with van der Waals surface area (Å²) >= 11 is 0. The van der Waals surface area contributed by atoms with Crippen LogP contribution in [0, 0.1) is 0 Å². The molecule has 0 radical (unpaired) electrons. The van der Waals surface area contributed by atoms with Gasteiger partial charge in [0.05, 0.1) is 5.70 Å². The first kappa shape index (κ1) is 9.52. The van der Waals surface area contributed by atoms with Crippen molar-refractivity contribution in [3.63, 3.8) is 0 Å². The van der Waals surface area contributed by atoms with Crippen LogP contribution in [0.5, 0.6) is 0 Å². The first-order valence-corrected chi connectivity index (χ1v) is 5.10. The van der Waals surface area contributed by atoms with Crippen molar-refractivity contribution in [2.75, 3.05) is 19.6 Å². The number of nitrogens with zero attached hydrogens (tertiary/aromatic N) is 1. The predicted octanol–water partition coefficient (Wildman–Crippen LogP) is 1.09. The van der Waals surface area contributed by atoms with Gasteiger partial charge in [-0.2, -0.15) is 0 Å². The maximum Gasteiger partial charge on any atom is 0.415 e. The first-order chi connectivity index (χ1) is 6.69. The summed E-state index contributed by atoms with van der Waals surface area (Å²) in [5, 5.41) is 3.25. The van der Waals surface area contributed by atoms with E-state index in [-0.39, 0.29) is 6.09 Å². The lowest BCUT2D eigenvalue weighted by Crippen LogP contribution is -2.43. The number of hydrogen-bond acceptors (Lipinski definition) is 3. The Morgan fingerprint density at radius 2 is 2.21 bits per heavy atom. The Hall–Kier alpha value is -1.03. The number of nitrogens with one attached hydrogen (secondary N) is 1. The summed E-state index contributed by atoms with van der Waals surface area (Å²) in [5.74, 6) is 0. The molecule has 0 atom stereocenters. The molecule has 0 unspecified atom stereocenters. The van der Waals surface area contributed by atoms with E-state index in [0.29, 0.717) is 6.54 Å². The topological polar surface area (TPSA) is 41.6 Å². The third kappa shape index (κ3) is 1.21. The zero-order valence-electron chi connectivity index (χ0n) is 8.51. The second kappa shape index (κ2) is 3.28. The minimum Gasteiger partial charge on any atom is -0.436 e. The summed E-state index contributed by atoms with van der Waals surface area (Å²) in [6.07, 6.45) is 1.45. The zero-order chi connectivity index (χ0) is 10.2. The lowest BCUT2D eigenvalue weighted by molar-refractivity contribution is 0.0454. The van der Waals surface area contributed by atoms with Gasteiger partial charge in [0, 0.05) is 19.4 Å². The largest absolute Gasteiger partial charge is 0.436 e. The first-order valence-electron chi connectivity index (χ1n) is 5.10. The second-order valence-corrected chi connectivity index (χ2v) is 3.80.